The number of primary amides is 1. The lowest BCUT2D eigenvalue weighted by Gasteiger charge is -2.50. The maximum absolute atomic E-state index is 14.4. The van der Waals surface area contributed by atoms with E-state index in [2.05, 4.69) is 9.80 Å². The van der Waals surface area contributed by atoms with E-state index in [4.69, 9.17) is 5.73 Å². The van der Waals surface area contributed by atoms with Crippen molar-refractivity contribution in [2.75, 3.05) is 72.4 Å². The second-order valence-electron chi connectivity index (χ2n) is 13.6. The number of phenols is 1. The van der Waals surface area contributed by atoms with Gasteiger partial charge >= 0.3 is 0 Å². The smallest absolute Gasteiger partial charge is 0.255 e. The number of benzene rings is 1. The number of nitrogens with zero attached hydrogens (tertiary/aromatic N) is 4. The van der Waals surface area contributed by atoms with Crippen molar-refractivity contribution in [3.05, 3.63) is 56.9 Å². The van der Waals surface area contributed by atoms with E-state index in [1.54, 1.807) is 14.1 Å². The lowest BCUT2D eigenvalue weighted by Crippen LogP contribution is -2.63. The largest absolute Gasteiger partial charge is 0.510 e. The third-order valence-corrected chi connectivity index (χ3v) is 11.5. The summed E-state index contributed by atoms with van der Waals surface area (Å²) in [5.41, 5.74) is 3.48. The third-order valence-electron chi connectivity index (χ3n) is 10.4. The van der Waals surface area contributed by atoms with Gasteiger partial charge in [0.25, 0.3) is 5.91 Å². The molecular weight excluding hydrogens is 638 g/mol. The van der Waals surface area contributed by atoms with Crippen molar-refractivity contribution in [2.45, 2.75) is 31.0 Å². The number of nitrogens with two attached hydrogens (primary N) is 1. The van der Waals surface area contributed by atoms with Crippen LogP contribution in [-0.2, 0) is 22.6 Å². The highest BCUT2D eigenvalue weighted by molar-refractivity contribution is 7.15. The quantitative estimate of drug-likeness (QED) is 0.217. The minimum atomic E-state index is -2.69. The van der Waals surface area contributed by atoms with E-state index in [0.717, 1.165) is 42.5 Å². The van der Waals surface area contributed by atoms with E-state index in [1.807, 2.05) is 37.2 Å². The molecular formula is C34H43N5O8S. The van der Waals surface area contributed by atoms with Gasteiger partial charge in [-0.15, -0.1) is 11.3 Å². The van der Waals surface area contributed by atoms with E-state index in [-0.39, 0.29) is 36.3 Å². The highest BCUT2D eigenvalue weighted by Crippen LogP contribution is 2.54. The molecule has 1 fully saturated rings. The molecule has 4 atom stereocenters. The molecule has 0 saturated carbocycles. The Balaban J connectivity index is 1.40. The Morgan fingerprint density at radius 1 is 1.06 bits per heavy atom. The van der Waals surface area contributed by atoms with E-state index in [9.17, 15) is 39.9 Å². The van der Waals surface area contributed by atoms with Gasteiger partial charge in [-0.2, -0.15) is 0 Å². The highest BCUT2D eigenvalue weighted by atomic mass is 32.1. The number of thiophene rings is 1. The second kappa shape index (κ2) is 12.6. The number of hydrogen-bond donors (Lipinski definition) is 6. The fraction of sp³-hybridized carbons (Fsp3) is 0.500. The second-order valence-corrected chi connectivity index (χ2v) is 14.8. The van der Waals surface area contributed by atoms with Crippen molar-refractivity contribution in [3.8, 4) is 16.2 Å². The Bertz CT molecular complexity index is 1740. The summed E-state index contributed by atoms with van der Waals surface area (Å²) in [7, 11) is 6.89. The molecule has 4 aliphatic rings. The first-order valence-electron chi connectivity index (χ1n) is 16.1. The minimum absolute atomic E-state index is 0.00747. The number of aliphatic hydroxyl groups excluding tert-OH is 3. The number of aliphatic hydroxyl groups is 4. The zero-order valence-electron chi connectivity index (χ0n) is 27.6. The standard InChI is InChI=1S/C34H43N5O8S/c1-36(2)22-15-20(23-6-5-18(48-23)16-39-9-7-38(8-10-39)11-12-40)28(41)25-19(22)13-17-14-21-27(37(3)4)30(43)26(33(35)46)32(45)34(21,47)31(44)24(17)29(25)42/h5-6,15,17,21,27,40-41,43-44,47H,7-14,16H2,1-4H3,(H2,35,46). The molecule has 0 radical (unpaired) electrons. The van der Waals surface area contributed by atoms with Crippen LogP contribution in [0.25, 0.3) is 10.4 Å². The predicted octanol–water partition coefficient (Wildman–Crippen LogP) is 1.03. The Kier molecular flexibility index (Phi) is 8.94. The molecule has 4 unspecified atom stereocenters. The minimum Gasteiger partial charge on any atom is -0.510 e. The number of fused-ring (bicyclic) bond motifs is 3. The Hall–Kier alpha value is -3.79. The molecule has 1 aromatic carbocycles. The van der Waals surface area contributed by atoms with Crippen LogP contribution in [0.4, 0.5) is 5.69 Å². The van der Waals surface area contributed by atoms with Crippen LogP contribution in [0.3, 0.4) is 0 Å². The fourth-order valence-corrected chi connectivity index (χ4v) is 9.09. The number of Topliss-reactive ketones (excluding diaryl/α,β-unsaturated/α-hetero) is 2. The van der Waals surface area contributed by atoms with E-state index in [0.29, 0.717) is 23.4 Å². The summed E-state index contributed by atoms with van der Waals surface area (Å²) < 4.78 is 0. The van der Waals surface area contributed by atoms with Crippen LogP contribution in [0.2, 0.25) is 0 Å². The highest BCUT2D eigenvalue weighted by Gasteiger charge is 2.63. The molecule has 258 valence electrons. The van der Waals surface area contributed by atoms with Crippen molar-refractivity contribution in [1.29, 1.82) is 0 Å². The van der Waals surface area contributed by atoms with Gasteiger partial charge in [0, 0.05) is 85.9 Å². The van der Waals surface area contributed by atoms with Gasteiger partial charge in [-0.1, -0.05) is 0 Å². The Labute approximate surface area is 282 Å². The molecule has 2 aromatic rings. The monoisotopic (exact) mass is 681 g/mol. The van der Waals surface area contributed by atoms with Crippen LogP contribution in [0.5, 0.6) is 5.75 Å². The molecule has 6 rings (SSSR count). The molecule has 1 amide bonds. The molecule has 1 aromatic heterocycles. The molecule has 3 aliphatic carbocycles. The van der Waals surface area contributed by atoms with Crippen LogP contribution in [-0.4, -0.2) is 137 Å². The summed E-state index contributed by atoms with van der Waals surface area (Å²) in [5.74, 6) is -6.68. The summed E-state index contributed by atoms with van der Waals surface area (Å²) >= 11 is 1.51. The van der Waals surface area contributed by atoms with Crippen LogP contribution in [0.15, 0.2) is 40.9 Å². The van der Waals surface area contributed by atoms with Gasteiger partial charge in [-0.25, -0.2) is 0 Å². The van der Waals surface area contributed by atoms with Gasteiger partial charge in [0.15, 0.2) is 11.4 Å². The average Bonchev–Trinajstić information content (AvgIpc) is 3.47. The lowest BCUT2D eigenvalue weighted by atomic mass is 9.58. The number of aromatic hydroxyl groups is 1. The number of phenolic OH excluding ortho intramolecular Hbond substituents is 1. The van der Waals surface area contributed by atoms with Crippen molar-refractivity contribution >= 4 is 34.5 Å². The Morgan fingerprint density at radius 3 is 2.33 bits per heavy atom. The van der Waals surface area contributed by atoms with Crippen LogP contribution in [0, 0.1) is 11.8 Å². The van der Waals surface area contributed by atoms with Gasteiger partial charge < -0.3 is 36.2 Å². The number of anilines is 1. The summed E-state index contributed by atoms with van der Waals surface area (Å²) in [4.78, 5) is 50.1. The van der Waals surface area contributed by atoms with Crippen LogP contribution >= 0.6 is 11.3 Å². The van der Waals surface area contributed by atoms with Gasteiger partial charge in [0.2, 0.25) is 5.78 Å². The number of hydrogen-bond acceptors (Lipinski definition) is 13. The summed E-state index contributed by atoms with van der Waals surface area (Å²) in [6.07, 6.45) is 0.248. The van der Waals surface area contributed by atoms with E-state index < -0.39 is 58.0 Å². The number of likely N-dealkylation sites (N-methyl/N-ethyl adjacent to an activating group) is 1. The van der Waals surface area contributed by atoms with Crippen LogP contribution in [0.1, 0.15) is 27.2 Å². The van der Waals surface area contributed by atoms with Gasteiger partial charge in [0.1, 0.15) is 22.8 Å². The van der Waals surface area contributed by atoms with Crippen molar-refractivity contribution in [3.63, 3.8) is 0 Å². The molecule has 1 aliphatic heterocycles. The molecule has 1 saturated heterocycles. The lowest BCUT2D eigenvalue weighted by molar-refractivity contribution is -0.148. The first kappa shape index (κ1) is 34.1. The number of piperazine rings is 1. The average molecular weight is 682 g/mol. The zero-order valence-corrected chi connectivity index (χ0v) is 28.4. The molecule has 0 spiro atoms. The normalized spacial score (nSPS) is 26.5. The van der Waals surface area contributed by atoms with Crippen LogP contribution < -0.4 is 10.6 Å². The van der Waals surface area contributed by atoms with Crippen molar-refractivity contribution in [1.82, 2.24) is 14.7 Å². The fourth-order valence-electron chi connectivity index (χ4n) is 8.03. The number of amides is 1. The first-order chi connectivity index (χ1) is 22.7. The van der Waals surface area contributed by atoms with Gasteiger partial charge in [0.05, 0.1) is 18.2 Å². The maximum Gasteiger partial charge on any atom is 0.255 e. The number of allylic oxidation sites excluding steroid dienone is 1. The number of rotatable bonds is 8. The van der Waals surface area contributed by atoms with E-state index >= 15 is 0 Å². The summed E-state index contributed by atoms with van der Waals surface area (Å²) in [6, 6.07) is 4.73. The van der Waals surface area contributed by atoms with Crippen molar-refractivity contribution < 1.29 is 39.9 Å². The number of carbonyl (C=O) groups is 3. The van der Waals surface area contributed by atoms with E-state index in [1.165, 1.54) is 16.2 Å². The number of ketones is 2. The molecule has 2 heterocycles. The van der Waals surface area contributed by atoms with Gasteiger partial charge in [-0.3, -0.25) is 29.1 Å². The van der Waals surface area contributed by atoms with Gasteiger partial charge in [-0.05, 0) is 56.6 Å². The summed E-state index contributed by atoms with van der Waals surface area (Å²) in [6.45, 7) is 5.03. The topological polar surface area (TPSA) is 191 Å². The first-order valence-corrected chi connectivity index (χ1v) is 16.9. The molecule has 14 heteroatoms. The third kappa shape index (κ3) is 5.31. The zero-order chi connectivity index (χ0) is 34.8. The molecule has 7 N–H and O–H groups in total. The molecule has 48 heavy (non-hydrogen) atoms. The molecule has 0 bridgehead atoms. The summed E-state index contributed by atoms with van der Waals surface area (Å²) in [5, 5.41) is 55.6. The molecule has 13 nitrogen and oxygen atoms in total. The predicted molar refractivity (Wildman–Crippen MR) is 180 cm³/mol. The number of carbonyl (C=O) groups excluding carboxylic acids is 3. The maximum atomic E-state index is 14.4. The van der Waals surface area contributed by atoms with Crippen molar-refractivity contribution in [2.24, 2.45) is 17.6 Å². The Morgan fingerprint density at radius 2 is 1.73 bits per heavy atom. The number of β-amino-alcohol motifs (C(OH)–C–C–N with tert-alkyl or cyclic N) is 1. The SMILES string of the molecule is CN(C)c1cc(-c2ccc(CN3CCN(CCO)CC3)s2)c(O)c2c1CC1CC3C(N(C)C)C(O)=C(C(N)=O)C(=O)C3(O)C(O)=C1C2=O.